The van der Waals surface area contributed by atoms with Gasteiger partial charge in [0.25, 0.3) is 10.1 Å². The molecule has 7 N–H and O–H groups in total. The van der Waals surface area contributed by atoms with Crippen molar-refractivity contribution >= 4 is 67.9 Å². The number of nitrogens with two attached hydrogens (primary N) is 1. The second kappa shape index (κ2) is 12.3. The third-order valence-electron chi connectivity index (χ3n) is 6.27. The van der Waals surface area contributed by atoms with Crippen molar-refractivity contribution in [1.29, 1.82) is 0 Å². The van der Waals surface area contributed by atoms with Crippen LogP contribution in [0.15, 0.2) is 59.5 Å². The zero-order chi connectivity index (χ0) is 30.7. The summed E-state index contributed by atoms with van der Waals surface area (Å²) >= 11 is 6.02. The molecule has 1 aliphatic rings. The van der Waals surface area contributed by atoms with Crippen molar-refractivity contribution in [1.82, 2.24) is 15.0 Å². The SMILES string of the molecule is Nc1c(S(=O)(=O)O)cc(Nc2ccc(Nc3nc(Cl)nc(NCCOCCO)n3)cc2)c2c1C(=O)c1ccccc1C2=O. The molecule has 1 aromatic heterocycles. The van der Waals surface area contributed by atoms with Crippen LogP contribution in [-0.2, 0) is 14.9 Å². The molecule has 4 aromatic rings. The number of nitrogen functional groups attached to an aromatic ring is 1. The van der Waals surface area contributed by atoms with Crippen LogP contribution in [0.4, 0.5) is 34.6 Å². The fourth-order valence-electron chi connectivity index (χ4n) is 4.41. The average Bonchev–Trinajstić information content (AvgIpc) is 2.96. The predicted molar refractivity (Wildman–Crippen MR) is 158 cm³/mol. The molecule has 43 heavy (non-hydrogen) atoms. The Hall–Kier alpha value is -4.67. The van der Waals surface area contributed by atoms with E-state index in [0.29, 0.717) is 24.5 Å². The van der Waals surface area contributed by atoms with Gasteiger partial charge in [0, 0.05) is 29.0 Å². The standard InChI is InChI=1S/C27H24ClN7O7S/c28-25-33-26(30-9-11-42-12-10-36)35-27(34-25)32-15-7-5-14(6-8-15)31-18-13-19(43(39,40)41)22(29)21-20(18)23(37)16-3-1-2-4-17(16)24(21)38/h1-8,13,31,36H,9-12,29H2,(H,39,40,41)(H2,30,32,33,34,35). The summed E-state index contributed by atoms with van der Waals surface area (Å²) in [6, 6.07) is 13.7. The fraction of sp³-hybridized carbons (Fsp3) is 0.148. The van der Waals surface area contributed by atoms with E-state index in [1.54, 1.807) is 36.4 Å². The number of hydrogen-bond donors (Lipinski definition) is 6. The molecule has 3 aromatic carbocycles. The van der Waals surface area contributed by atoms with Gasteiger partial charge >= 0.3 is 0 Å². The lowest BCUT2D eigenvalue weighted by molar-refractivity contribution is 0.0980. The Morgan fingerprint density at radius 1 is 0.860 bits per heavy atom. The molecule has 0 atom stereocenters. The van der Waals surface area contributed by atoms with Crippen molar-refractivity contribution < 1.29 is 32.4 Å². The number of nitrogens with one attached hydrogen (secondary N) is 3. The number of fused-ring (bicyclic) bond motifs is 2. The maximum atomic E-state index is 13.5. The third-order valence-corrected chi connectivity index (χ3v) is 7.33. The fourth-order valence-corrected chi connectivity index (χ4v) is 5.22. The third kappa shape index (κ3) is 6.40. The van der Waals surface area contributed by atoms with Crippen LogP contribution in [0.3, 0.4) is 0 Å². The van der Waals surface area contributed by atoms with E-state index in [-0.39, 0.29) is 58.3 Å². The van der Waals surface area contributed by atoms with Crippen LogP contribution >= 0.6 is 11.6 Å². The van der Waals surface area contributed by atoms with Gasteiger partial charge < -0.3 is 31.5 Å². The monoisotopic (exact) mass is 625 g/mol. The minimum absolute atomic E-state index is 0.0340. The maximum absolute atomic E-state index is 13.5. The van der Waals surface area contributed by atoms with Crippen molar-refractivity contribution in [3.8, 4) is 0 Å². The van der Waals surface area contributed by atoms with Gasteiger partial charge in [0.05, 0.1) is 42.3 Å². The molecule has 14 nitrogen and oxygen atoms in total. The van der Waals surface area contributed by atoms with Crippen LogP contribution < -0.4 is 21.7 Å². The molecule has 0 aliphatic heterocycles. The number of aliphatic hydroxyl groups is 1. The number of rotatable bonds is 11. The molecular weight excluding hydrogens is 602 g/mol. The first-order valence-electron chi connectivity index (χ1n) is 12.7. The molecule has 5 rings (SSSR count). The van der Waals surface area contributed by atoms with E-state index in [1.807, 2.05) is 0 Å². The molecule has 0 fully saturated rings. The summed E-state index contributed by atoms with van der Waals surface area (Å²) in [4.78, 5) is 38.4. The summed E-state index contributed by atoms with van der Waals surface area (Å²) in [6.07, 6.45) is 0. The summed E-state index contributed by atoms with van der Waals surface area (Å²) in [5.41, 5.74) is 6.23. The molecule has 0 saturated carbocycles. The van der Waals surface area contributed by atoms with Crippen molar-refractivity contribution in [2.75, 3.05) is 48.0 Å². The number of ether oxygens (including phenoxy) is 1. The highest BCUT2D eigenvalue weighted by Crippen LogP contribution is 2.40. The molecule has 0 saturated heterocycles. The second-order valence-electron chi connectivity index (χ2n) is 9.11. The summed E-state index contributed by atoms with van der Waals surface area (Å²) in [5.74, 6) is -0.821. The van der Waals surface area contributed by atoms with Crippen molar-refractivity contribution in [2.45, 2.75) is 4.90 Å². The maximum Gasteiger partial charge on any atom is 0.296 e. The Bertz CT molecular complexity index is 1840. The number of carbonyl (C=O) groups is 2. The Kier molecular flexibility index (Phi) is 8.52. The van der Waals surface area contributed by atoms with E-state index < -0.39 is 32.3 Å². The number of aromatic nitrogens is 3. The van der Waals surface area contributed by atoms with Crippen LogP contribution in [0.5, 0.6) is 0 Å². The van der Waals surface area contributed by atoms with Crippen LogP contribution in [0, 0.1) is 0 Å². The highest BCUT2D eigenvalue weighted by Gasteiger charge is 2.36. The first-order valence-corrected chi connectivity index (χ1v) is 14.5. The Balaban J connectivity index is 1.41. The molecule has 0 bridgehead atoms. The Morgan fingerprint density at radius 2 is 1.47 bits per heavy atom. The molecule has 222 valence electrons. The normalized spacial score (nSPS) is 12.4. The molecule has 0 unspecified atom stereocenters. The van der Waals surface area contributed by atoms with E-state index in [4.69, 9.17) is 27.2 Å². The zero-order valence-corrected chi connectivity index (χ0v) is 23.7. The first kappa shape index (κ1) is 29.8. The number of anilines is 6. The largest absolute Gasteiger partial charge is 0.397 e. The van der Waals surface area contributed by atoms with E-state index in [9.17, 15) is 22.6 Å². The lowest BCUT2D eigenvalue weighted by Crippen LogP contribution is -2.25. The quantitative estimate of drug-likeness (QED) is 0.0706. The second-order valence-corrected chi connectivity index (χ2v) is 10.8. The van der Waals surface area contributed by atoms with Gasteiger partial charge in [0.15, 0.2) is 11.6 Å². The van der Waals surface area contributed by atoms with Crippen LogP contribution in [0.1, 0.15) is 31.8 Å². The van der Waals surface area contributed by atoms with Gasteiger partial charge in [-0.05, 0) is 41.9 Å². The number of ketones is 2. The van der Waals surface area contributed by atoms with Gasteiger partial charge in [-0.1, -0.05) is 24.3 Å². The summed E-state index contributed by atoms with van der Waals surface area (Å²) in [5, 5.41) is 17.6. The number of halogens is 1. The van der Waals surface area contributed by atoms with Gasteiger partial charge in [0.1, 0.15) is 4.90 Å². The minimum atomic E-state index is -4.85. The highest BCUT2D eigenvalue weighted by molar-refractivity contribution is 7.86. The van der Waals surface area contributed by atoms with E-state index >= 15 is 0 Å². The summed E-state index contributed by atoms with van der Waals surface area (Å²) in [7, 11) is -4.85. The Morgan fingerprint density at radius 3 is 2.09 bits per heavy atom. The number of carbonyl (C=O) groups excluding carboxylic acids is 2. The van der Waals surface area contributed by atoms with E-state index in [0.717, 1.165) is 6.07 Å². The summed E-state index contributed by atoms with van der Waals surface area (Å²) < 4.78 is 39.3. The van der Waals surface area contributed by atoms with Crippen molar-refractivity contribution in [3.05, 3.63) is 82.1 Å². The molecule has 1 aliphatic carbocycles. The Labute approximate surface area is 250 Å². The summed E-state index contributed by atoms with van der Waals surface area (Å²) in [6.45, 7) is 0.812. The van der Waals surface area contributed by atoms with Gasteiger partial charge in [-0.2, -0.15) is 23.4 Å². The molecular formula is C27H24ClN7O7S. The van der Waals surface area contributed by atoms with Crippen LogP contribution in [-0.4, -0.2) is 71.0 Å². The number of aliphatic hydroxyl groups excluding tert-OH is 1. The van der Waals surface area contributed by atoms with Crippen LogP contribution in [0.2, 0.25) is 5.28 Å². The molecule has 0 amide bonds. The number of benzene rings is 3. The minimum Gasteiger partial charge on any atom is -0.397 e. The van der Waals surface area contributed by atoms with Crippen molar-refractivity contribution in [3.63, 3.8) is 0 Å². The van der Waals surface area contributed by atoms with Gasteiger partial charge in [-0.3, -0.25) is 14.1 Å². The molecule has 0 spiro atoms. The van der Waals surface area contributed by atoms with Crippen molar-refractivity contribution in [2.24, 2.45) is 0 Å². The lowest BCUT2D eigenvalue weighted by atomic mass is 9.82. The van der Waals surface area contributed by atoms with Crippen LogP contribution in [0.25, 0.3) is 0 Å². The number of hydrogen-bond acceptors (Lipinski definition) is 13. The van der Waals surface area contributed by atoms with Gasteiger partial charge in [0.2, 0.25) is 17.2 Å². The average molecular weight is 626 g/mol. The lowest BCUT2D eigenvalue weighted by Gasteiger charge is -2.23. The highest BCUT2D eigenvalue weighted by atomic mass is 35.5. The smallest absolute Gasteiger partial charge is 0.296 e. The van der Waals surface area contributed by atoms with Gasteiger partial charge in [-0.25, -0.2) is 0 Å². The van der Waals surface area contributed by atoms with E-state index in [1.165, 1.54) is 12.1 Å². The first-order chi connectivity index (χ1) is 20.6. The number of nitrogens with zero attached hydrogens (tertiary/aromatic N) is 3. The molecule has 0 radical (unpaired) electrons. The molecule has 16 heteroatoms. The molecule has 1 heterocycles. The topological polar surface area (TPSA) is 219 Å². The van der Waals surface area contributed by atoms with E-state index in [2.05, 4.69) is 30.9 Å². The van der Waals surface area contributed by atoms with Gasteiger partial charge in [-0.15, -0.1) is 0 Å². The zero-order valence-electron chi connectivity index (χ0n) is 22.2. The predicted octanol–water partition coefficient (Wildman–Crippen LogP) is 3.04.